The molecule has 3 heterocycles. The first kappa shape index (κ1) is 20.9. The van der Waals surface area contributed by atoms with Gasteiger partial charge in [0, 0.05) is 44.2 Å². The lowest BCUT2D eigenvalue weighted by Crippen LogP contribution is -2.39. The molecule has 168 valence electrons. The average Bonchev–Trinajstić information content (AvgIpc) is 3.43. The van der Waals surface area contributed by atoms with E-state index in [0.717, 1.165) is 22.4 Å². The fraction of sp³-hybridized carbons (Fsp3) is 0.280. The van der Waals surface area contributed by atoms with Crippen LogP contribution in [0.5, 0.6) is 5.75 Å². The highest BCUT2D eigenvalue weighted by Gasteiger charge is 2.29. The molecule has 0 unspecified atom stereocenters. The van der Waals surface area contributed by atoms with Crippen molar-refractivity contribution in [3.05, 3.63) is 82.8 Å². The van der Waals surface area contributed by atoms with Crippen LogP contribution in [0, 0.1) is 6.92 Å². The van der Waals surface area contributed by atoms with E-state index < -0.39 is 0 Å². The Labute approximate surface area is 191 Å². The Morgan fingerprint density at radius 1 is 1.12 bits per heavy atom. The van der Waals surface area contributed by atoms with Crippen LogP contribution in [0.3, 0.4) is 0 Å². The number of rotatable bonds is 6. The molecular formula is C25H25N5O3. The van der Waals surface area contributed by atoms with Crippen molar-refractivity contribution in [3.63, 3.8) is 0 Å². The Balaban J connectivity index is 1.30. The maximum atomic E-state index is 12.8. The van der Waals surface area contributed by atoms with E-state index in [1.54, 1.807) is 4.90 Å². The quantitative estimate of drug-likeness (QED) is 0.454. The predicted octanol–water partition coefficient (Wildman–Crippen LogP) is 3.33. The molecule has 0 spiro atoms. The second-order valence-electron chi connectivity index (χ2n) is 8.24. The van der Waals surface area contributed by atoms with Gasteiger partial charge < -0.3 is 14.2 Å². The molecule has 0 fully saturated rings. The molecule has 33 heavy (non-hydrogen) atoms. The van der Waals surface area contributed by atoms with Gasteiger partial charge in [0.15, 0.2) is 18.1 Å². The van der Waals surface area contributed by atoms with Crippen LogP contribution in [0.4, 0.5) is 0 Å². The summed E-state index contributed by atoms with van der Waals surface area (Å²) in [6, 6.07) is 17.7. The zero-order valence-electron chi connectivity index (χ0n) is 18.7. The highest BCUT2D eigenvalue weighted by Crippen LogP contribution is 2.29. The molecular weight excluding hydrogens is 418 g/mol. The molecule has 0 aliphatic carbocycles. The van der Waals surface area contributed by atoms with Crippen molar-refractivity contribution < 1.29 is 14.1 Å². The molecule has 4 aromatic rings. The Bertz CT molecular complexity index is 1260. The number of ether oxygens (including phenoxy) is 1. The van der Waals surface area contributed by atoms with E-state index in [1.165, 1.54) is 0 Å². The summed E-state index contributed by atoms with van der Waals surface area (Å²) >= 11 is 0. The largest absolute Gasteiger partial charge is 0.484 e. The fourth-order valence-corrected chi connectivity index (χ4v) is 4.05. The van der Waals surface area contributed by atoms with Gasteiger partial charge in [0.05, 0.1) is 0 Å². The van der Waals surface area contributed by atoms with Crippen molar-refractivity contribution in [1.82, 2.24) is 24.8 Å². The molecule has 1 aliphatic rings. The number of hydrogen-bond acceptors (Lipinski definition) is 6. The maximum absolute atomic E-state index is 12.8. The number of carbonyl (C=O) groups is 1. The summed E-state index contributed by atoms with van der Waals surface area (Å²) in [5.74, 6) is 1.60. The number of amides is 1. The number of nitrogens with zero attached hydrogens (tertiary/aromatic N) is 5. The average molecular weight is 444 g/mol. The summed E-state index contributed by atoms with van der Waals surface area (Å²) in [4.78, 5) is 19.2. The first-order valence-corrected chi connectivity index (χ1v) is 11.0. The van der Waals surface area contributed by atoms with E-state index in [-0.39, 0.29) is 12.5 Å². The van der Waals surface area contributed by atoms with E-state index >= 15 is 0 Å². The van der Waals surface area contributed by atoms with Crippen LogP contribution in [0.15, 0.2) is 59.1 Å². The molecule has 0 radical (unpaired) electrons. The topological polar surface area (TPSA) is 86.3 Å². The van der Waals surface area contributed by atoms with Gasteiger partial charge >= 0.3 is 0 Å². The van der Waals surface area contributed by atoms with Crippen molar-refractivity contribution in [1.29, 1.82) is 0 Å². The summed E-state index contributed by atoms with van der Waals surface area (Å²) in [5.41, 5.74) is 4.92. The first-order chi connectivity index (χ1) is 16.1. The lowest BCUT2D eigenvalue weighted by molar-refractivity contribution is -0.134. The zero-order valence-corrected chi connectivity index (χ0v) is 18.7. The van der Waals surface area contributed by atoms with Gasteiger partial charge in [-0.1, -0.05) is 53.2 Å². The Hall–Kier alpha value is -3.94. The Morgan fingerprint density at radius 2 is 1.91 bits per heavy atom. The molecule has 0 bridgehead atoms. The van der Waals surface area contributed by atoms with Crippen molar-refractivity contribution in [2.24, 2.45) is 7.05 Å². The molecule has 2 aromatic heterocycles. The van der Waals surface area contributed by atoms with Gasteiger partial charge in [0.25, 0.3) is 11.8 Å². The third-order valence-corrected chi connectivity index (χ3v) is 5.85. The molecule has 8 nitrogen and oxygen atoms in total. The van der Waals surface area contributed by atoms with E-state index in [0.29, 0.717) is 49.1 Å². The van der Waals surface area contributed by atoms with Gasteiger partial charge in [-0.15, -0.1) is 0 Å². The minimum Gasteiger partial charge on any atom is -0.484 e. The van der Waals surface area contributed by atoms with Crippen molar-refractivity contribution in [2.45, 2.75) is 26.3 Å². The molecule has 0 saturated heterocycles. The molecule has 5 rings (SSSR count). The van der Waals surface area contributed by atoms with Crippen LogP contribution < -0.4 is 4.74 Å². The van der Waals surface area contributed by atoms with Crippen LogP contribution in [-0.2, 0) is 31.2 Å². The van der Waals surface area contributed by atoms with Gasteiger partial charge in [-0.05, 0) is 24.6 Å². The lowest BCUT2D eigenvalue weighted by Gasteiger charge is -2.27. The molecule has 0 atom stereocenters. The van der Waals surface area contributed by atoms with Crippen LogP contribution >= 0.6 is 0 Å². The molecule has 0 saturated carbocycles. The highest BCUT2D eigenvalue weighted by molar-refractivity contribution is 5.78. The van der Waals surface area contributed by atoms with Gasteiger partial charge in [-0.3, -0.25) is 9.48 Å². The van der Waals surface area contributed by atoms with E-state index in [2.05, 4.69) is 15.2 Å². The summed E-state index contributed by atoms with van der Waals surface area (Å²) in [6.45, 7) is 3.06. The van der Waals surface area contributed by atoms with Gasteiger partial charge in [-0.2, -0.15) is 10.1 Å². The summed E-state index contributed by atoms with van der Waals surface area (Å²) in [5, 5.41) is 8.76. The third kappa shape index (κ3) is 4.50. The van der Waals surface area contributed by atoms with E-state index in [9.17, 15) is 4.79 Å². The number of hydrogen-bond donors (Lipinski definition) is 0. The number of aromatic nitrogens is 4. The van der Waals surface area contributed by atoms with Crippen LogP contribution in [0.2, 0.25) is 0 Å². The Kier molecular flexibility index (Phi) is 5.64. The summed E-state index contributed by atoms with van der Waals surface area (Å²) in [6.07, 6.45) is 1.29. The predicted molar refractivity (Wildman–Crippen MR) is 122 cm³/mol. The standard InChI is InChI=1S/C25H25N5O3/c1-17-8-10-19(11-9-17)32-16-23(31)30-13-12-21-20(15-30)24(27-29(21)2)25-26-22(28-33-25)14-18-6-4-3-5-7-18/h3-11H,12-16H2,1-2H3. The molecule has 8 heteroatoms. The third-order valence-electron chi connectivity index (χ3n) is 5.85. The second kappa shape index (κ2) is 8.90. The normalized spacial score (nSPS) is 13.1. The molecule has 0 N–H and O–H groups in total. The van der Waals surface area contributed by atoms with Gasteiger partial charge in [0.1, 0.15) is 5.75 Å². The smallest absolute Gasteiger partial charge is 0.278 e. The maximum Gasteiger partial charge on any atom is 0.278 e. The summed E-state index contributed by atoms with van der Waals surface area (Å²) < 4.78 is 13.1. The van der Waals surface area contributed by atoms with Crippen molar-refractivity contribution in [3.8, 4) is 17.3 Å². The fourth-order valence-electron chi connectivity index (χ4n) is 4.05. The lowest BCUT2D eigenvalue weighted by atomic mass is 10.0. The molecule has 1 aliphatic heterocycles. The zero-order chi connectivity index (χ0) is 22.8. The molecule has 2 aromatic carbocycles. The highest BCUT2D eigenvalue weighted by atomic mass is 16.5. The van der Waals surface area contributed by atoms with Crippen molar-refractivity contribution in [2.75, 3.05) is 13.2 Å². The summed E-state index contributed by atoms with van der Waals surface area (Å²) in [7, 11) is 1.90. The minimum atomic E-state index is -0.0636. The number of fused-ring (bicyclic) bond motifs is 1. The second-order valence-corrected chi connectivity index (χ2v) is 8.24. The first-order valence-electron chi connectivity index (χ1n) is 11.0. The van der Waals surface area contributed by atoms with Gasteiger partial charge in [-0.25, -0.2) is 0 Å². The van der Waals surface area contributed by atoms with Crippen LogP contribution in [-0.4, -0.2) is 43.9 Å². The van der Waals surface area contributed by atoms with Gasteiger partial charge in [0.2, 0.25) is 0 Å². The minimum absolute atomic E-state index is 0.00420. The van der Waals surface area contributed by atoms with Crippen LogP contribution in [0.25, 0.3) is 11.6 Å². The SMILES string of the molecule is Cc1ccc(OCC(=O)N2CCc3c(c(-c4nc(Cc5ccccc5)no4)nn3C)C2)cc1. The van der Waals surface area contributed by atoms with Crippen LogP contribution in [0.1, 0.15) is 28.2 Å². The van der Waals surface area contributed by atoms with E-state index in [1.807, 2.05) is 73.3 Å². The monoisotopic (exact) mass is 443 g/mol. The Morgan fingerprint density at radius 3 is 2.70 bits per heavy atom. The number of aryl methyl sites for hydroxylation is 2. The number of benzene rings is 2. The molecule has 1 amide bonds. The van der Waals surface area contributed by atoms with E-state index in [4.69, 9.17) is 9.26 Å². The number of carbonyl (C=O) groups excluding carboxylic acids is 1. The van der Waals surface area contributed by atoms with Crippen molar-refractivity contribution >= 4 is 5.91 Å².